The number of alkyl carbamates (subject to hydrolysis) is 1. The van der Waals surface area contributed by atoms with Crippen molar-refractivity contribution in [3.8, 4) is 0 Å². The van der Waals surface area contributed by atoms with Gasteiger partial charge in [-0.3, -0.25) is 4.90 Å². The number of aromatic nitrogens is 2. The molecule has 2 atom stereocenters. The molecule has 2 aliphatic rings. The van der Waals surface area contributed by atoms with Crippen LogP contribution < -0.4 is 5.32 Å². The molecule has 28 heavy (non-hydrogen) atoms. The van der Waals surface area contributed by atoms with Gasteiger partial charge in [0.15, 0.2) is 0 Å². The quantitative estimate of drug-likeness (QED) is 0.800. The fourth-order valence-corrected chi connectivity index (χ4v) is 5.14. The second-order valence-electron chi connectivity index (χ2n) is 9.19. The van der Waals surface area contributed by atoms with Crippen LogP contribution in [-0.4, -0.2) is 45.7 Å². The Morgan fingerprint density at radius 1 is 1.29 bits per heavy atom. The minimum atomic E-state index is -0.461. The molecule has 7 heteroatoms. The summed E-state index contributed by atoms with van der Waals surface area (Å²) in [6.45, 7) is 6.47. The summed E-state index contributed by atoms with van der Waals surface area (Å²) in [5, 5.41) is 4.24. The summed E-state index contributed by atoms with van der Waals surface area (Å²) in [5.41, 5.74) is 0.649. The van der Waals surface area contributed by atoms with E-state index in [0.717, 1.165) is 42.2 Å². The van der Waals surface area contributed by atoms with E-state index in [0.29, 0.717) is 6.04 Å². The molecule has 2 heterocycles. The van der Waals surface area contributed by atoms with E-state index < -0.39 is 5.60 Å². The summed E-state index contributed by atoms with van der Waals surface area (Å²) in [6.07, 6.45) is 7.00. The lowest BCUT2D eigenvalue weighted by atomic mass is 10.2. The van der Waals surface area contributed by atoms with Crippen molar-refractivity contribution in [3.05, 3.63) is 23.0 Å². The van der Waals surface area contributed by atoms with Crippen molar-refractivity contribution in [1.82, 2.24) is 20.2 Å². The Morgan fingerprint density at radius 2 is 2.07 bits per heavy atom. The van der Waals surface area contributed by atoms with Crippen molar-refractivity contribution in [2.45, 2.75) is 83.0 Å². The standard InChI is InChI=1S/C21H30N4O2S/c1-21(2,3)27-20(26)24-14-7-8-15(9-14)25(4)11-17-16-10-18(13-5-6-13)28-19(16)23-12-22-17/h10,12-15H,5-9,11H2,1-4H3,(H,24,26). The van der Waals surface area contributed by atoms with Crippen molar-refractivity contribution in [2.75, 3.05) is 7.05 Å². The maximum absolute atomic E-state index is 12.0. The molecular formula is C21H30N4O2S. The van der Waals surface area contributed by atoms with E-state index in [-0.39, 0.29) is 12.1 Å². The van der Waals surface area contributed by atoms with Gasteiger partial charge < -0.3 is 10.1 Å². The van der Waals surface area contributed by atoms with Crippen LogP contribution in [0.15, 0.2) is 12.4 Å². The van der Waals surface area contributed by atoms with Crippen molar-refractivity contribution in [2.24, 2.45) is 0 Å². The maximum Gasteiger partial charge on any atom is 0.407 e. The van der Waals surface area contributed by atoms with E-state index in [9.17, 15) is 4.79 Å². The van der Waals surface area contributed by atoms with Crippen molar-refractivity contribution in [1.29, 1.82) is 0 Å². The Balaban J connectivity index is 1.36. The number of thiophene rings is 1. The molecule has 152 valence electrons. The number of hydrogen-bond donors (Lipinski definition) is 1. The Hall–Kier alpha value is -1.73. The molecule has 0 bridgehead atoms. The Morgan fingerprint density at radius 3 is 2.79 bits per heavy atom. The molecule has 0 radical (unpaired) electrons. The molecule has 2 aliphatic carbocycles. The highest BCUT2D eigenvalue weighted by atomic mass is 32.1. The summed E-state index contributed by atoms with van der Waals surface area (Å²) in [5.74, 6) is 0.749. The molecule has 4 rings (SSSR count). The third kappa shape index (κ3) is 4.63. The van der Waals surface area contributed by atoms with Gasteiger partial charge in [-0.05, 0) is 71.9 Å². The van der Waals surface area contributed by atoms with Gasteiger partial charge in [-0.25, -0.2) is 14.8 Å². The molecule has 0 saturated heterocycles. The monoisotopic (exact) mass is 402 g/mol. The lowest BCUT2D eigenvalue weighted by Gasteiger charge is -2.25. The highest BCUT2D eigenvalue weighted by Crippen LogP contribution is 2.45. The maximum atomic E-state index is 12.0. The van der Waals surface area contributed by atoms with E-state index in [1.54, 1.807) is 6.33 Å². The second kappa shape index (κ2) is 7.59. The molecule has 6 nitrogen and oxygen atoms in total. The number of hydrogen-bond acceptors (Lipinski definition) is 6. The third-order valence-corrected chi connectivity index (χ3v) is 6.76. The first-order valence-corrected chi connectivity index (χ1v) is 11.0. The summed E-state index contributed by atoms with van der Waals surface area (Å²) in [7, 11) is 2.16. The Bertz CT molecular complexity index is 856. The van der Waals surface area contributed by atoms with Gasteiger partial charge in [0.25, 0.3) is 0 Å². The zero-order valence-corrected chi connectivity index (χ0v) is 18.0. The number of amides is 1. The highest BCUT2D eigenvalue weighted by Gasteiger charge is 2.31. The number of nitrogens with zero attached hydrogens (tertiary/aromatic N) is 3. The molecule has 0 aliphatic heterocycles. The topological polar surface area (TPSA) is 67.4 Å². The Kier molecular flexibility index (Phi) is 5.31. The van der Waals surface area contributed by atoms with Crippen LogP contribution in [0.2, 0.25) is 0 Å². The number of ether oxygens (including phenoxy) is 1. The van der Waals surface area contributed by atoms with E-state index in [2.05, 4.69) is 33.3 Å². The molecule has 1 amide bonds. The lowest BCUT2D eigenvalue weighted by molar-refractivity contribution is 0.0503. The fourth-order valence-electron chi connectivity index (χ4n) is 3.95. The van der Waals surface area contributed by atoms with Crippen molar-refractivity contribution in [3.63, 3.8) is 0 Å². The van der Waals surface area contributed by atoms with Gasteiger partial charge in [-0.1, -0.05) is 0 Å². The molecule has 1 N–H and O–H groups in total. The zero-order valence-electron chi connectivity index (χ0n) is 17.2. The molecule has 0 spiro atoms. The molecule has 2 aromatic heterocycles. The molecule has 0 aromatic carbocycles. The van der Waals surface area contributed by atoms with Gasteiger partial charge >= 0.3 is 6.09 Å². The van der Waals surface area contributed by atoms with Crippen LogP contribution in [0.1, 0.15) is 69.4 Å². The molecule has 2 saturated carbocycles. The molecule has 2 fully saturated rings. The summed E-state index contributed by atoms with van der Waals surface area (Å²) >= 11 is 1.82. The van der Waals surface area contributed by atoms with Crippen LogP contribution in [0.5, 0.6) is 0 Å². The van der Waals surface area contributed by atoms with Gasteiger partial charge in [0.2, 0.25) is 0 Å². The average Bonchev–Trinajstić information content (AvgIpc) is 3.18. The first-order chi connectivity index (χ1) is 13.3. The normalized spacial score (nSPS) is 22.8. The van der Waals surface area contributed by atoms with Crippen LogP contribution in [0.4, 0.5) is 4.79 Å². The lowest BCUT2D eigenvalue weighted by Crippen LogP contribution is -2.39. The predicted octanol–water partition coefficient (Wildman–Crippen LogP) is 4.45. The van der Waals surface area contributed by atoms with Gasteiger partial charge in [-0.2, -0.15) is 0 Å². The van der Waals surface area contributed by atoms with E-state index >= 15 is 0 Å². The number of rotatable bonds is 5. The zero-order chi connectivity index (χ0) is 19.9. The smallest absolute Gasteiger partial charge is 0.407 e. The van der Waals surface area contributed by atoms with Gasteiger partial charge in [0.05, 0.1) is 5.69 Å². The minimum Gasteiger partial charge on any atom is -0.444 e. The number of carbonyl (C=O) groups excluding carboxylic acids is 1. The van der Waals surface area contributed by atoms with Crippen LogP contribution in [0, 0.1) is 0 Å². The first-order valence-electron chi connectivity index (χ1n) is 10.2. The molecular weight excluding hydrogens is 372 g/mol. The summed E-state index contributed by atoms with van der Waals surface area (Å²) in [6, 6.07) is 2.92. The van der Waals surface area contributed by atoms with Gasteiger partial charge in [-0.15, -0.1) is 11.3 Å². The largest absolute Gasteiger partial charge is 0.444 e. The number of carbonyl (C=O) groups is 1. The van der Waals surface area contributed by atoms with Gasteiger partial charge in [0, 0.05) is 28.9 Å². The van der Waals surface area contributed by atoms with E-state index in [1.165, 1.54) is 23.1 Å². The average molecular weight is 403 g/mol. The highest BCUT2D eigenvalue weighted by molar-refractivity contribution is 7.18. The molecule has 2 unspecified atom stereocenters. The van der Waals surface area contributed by atoms with E-state index in [1.807, 2.05) is 32.1 Å². The van der Waals surface area contributed by atoms with Crippen molar-refractivity contribution < 1.29 is 9.53 Å². The van der Waals surface area contributed by atoms with Crippen molar-refractivity contribution >= 4 is 27.6 Å². The second-order valence-corrected chi connectivity index (χ2v) is 10.2. The van der Waals surface area contributed by atoms with Crippen LogP contribution in [0.25, 0.3) is 10.2 Å². The van der Waals surface area contributed by atoms with Gasteiger partial charge in [0.1, 0.15) is 16.8 Å². The first kappa shape index (κ1) is 19.6. The minimum absolute atomic E-state index is 0.176. The van der Waals surface area contributed by atoms with E-state index in [4.69, 9.17) is 4.74 Å². The summed E-state index contributed by atoms with van der Waals surface area (Å²) in [4.78, 5) is 26.0. The molecule has 2 aromatic rings. The Labute approximate surface area is 170 Å². The third-order valence-electron chi connectivity index (χ3n) is 5.56. The summed E-state index contributed by atoms with van der Waals surface area (Å²) < 4.78 is 5.39. The predicted molar refractivity (Wildman–Crippen MR) is 112 cm³/mol. The fraction of sp³-hybridized carbons (Fsp3) is 0.667. The van der Waals surface area contributed by atoms with Crippen LogP contribution in [-0.2, 0) is 11.3 Å². The van der Waals surface area contributed by atoms with Crippen LogP contribution >= 0.6 is 11.3 Å². The number of nitrogens with one attached hydrogen (secondary N) is 1. The SMILES string of the molecule is CN(Cc1ncnc2sc(C3CC3)cc12)C1CCC(NC(=O)OC(C)(C)C)C1. The van der Waals surface area contributed by atoms with Crippen LogP contribution in [0.3, 0.4) is 0 Å². The number of fused-ring (bicyclic) bond motifs is 1.